The van der Waals surface area contributed by atoms with Crippen LogP contribution in [0.5, 0.6) is 5.75 Å². The summed E-state index contributed by atoms with van der Waals surface area (Å²) in [4.78, 5) is 35.0. The molecule has 1 N–H and O–H groups in total. The summed E-state index contributed by atoms with van der Waals surface area (Å²) in [5.41, 5.74) is 0.766. The topological polar surface area (TPSA) is 72.5 Å². The average Bonchev–Trinajstić information content (AvgIpc) is 2.37. The highest BCUT2D eigenvalue weighted by Crippen LogP contribution is 2.33. The molecule has 1 saturated heterocycles. The second-order valence-corrected chi connectivity index (χ2v) is 4.59. The number of amides is 2. The van der Waals surface area contributed by atoms with Crippen molar-refractivity contribution >= 4 is 17.6 Å². The van der Waals surface area contributed by atoms with Gasteiger partial charge in [-0.25, -0.2) is 0 Å². The third kappa shape index (κ3) is 2.65. The zero-order chi connectivity index (χ0) is 14.0. The van der Waals surface area contributed by atoms with Crippen LogP contribution in [0.1, 0.15) is 24.8 Å². The van der Waals surface area contributed by atoms with E-state index < -0.39 is 17.7 Å². The minimum atomic E-state index is -0.815. The number of ether oxygens (including phenoxy) is 1. The number of hydrogen-bond donors (Lipinski definition) is 1. The maximum Gasteiger partial charge on any atom is 0.237 e. The smallest absolute Gasteiger partial charge is 0.237 e. The Morgan fingerprint density at radius 1 is 1.37 bits per heavy atom. The Bertz CT molecular complexity index is 538. The molecule has 2 atom stereocenters. The highest BCUT2D eigenvalue weighted by Gasteiger charge is 2.39. The third-order valence-corrected chi connectivity index (χ3v) is 3.31. The molecule has 1 aromatic carbocycles. The Labute approximate surface area is 110 Å². The van der Waals surface area contributed by atoms with E-state index in [-0.39, 0.29) is 18.1 Å². The van der Waals surface area contributed by atoms with Crippen LogP contribution < -0.4 is 10.1 Å². The summed E-state index contributed by atoms with van der Waals surface area (Å²) in [6, 6.07) is 7.11. The molecule has 100 valence electrons. The molecule has 0 radical (unpaired) electrons. The van der Waals surface area contributed by atoms with Crippen LogP contribution in [0.2, 0.25) is 0 Å². The zero-order valence-electron chi connectivity index (χ0n) is 10.8. The highest BCUT2D eigenvalue weighted by atomic mass is 16.5. The summed E-state index contributed by atoms with van der Waals surface area (Å²) >= 11 is 0. The fourth-order valence-corrected chi connectivity index (χ4v) is 2.42. The second kappa shape index (κ2) is 5.22. The Morgan fingerprint density at radius 2 is 2.11 bits per heavy atom. The lowest BCUT2D eigenvalue weighted by atomic mass is 9.78. The fraction of sp³-hybridized carbons (Fsp3) is 0.357. The molecule has 2 rings (SSSR count). The summed E-state index contributed by atoms with van der Waals surface area (Å²) in [5.74, 6) is -1.71. The molecular formula is C14H15NO4. The molecule has 0 saturated carbocycles. The molecule has 1 heterocycles. The molecular weight excluding hydrogens is 246 g/mol. The van der Waals surface area contributed by atoms with Crippen molar-refractivity contribution in [2.45, 2.75) is 19.3 Å². The first kappa shape index (κ1) is 13.3. The summed E-state index contributed by atoms with van der Waals surface area (Å²) < 4.78 is 5.12. The first-order chi connectivity index (χ1) is 9.02. The molecule has 0 bridgehead atoms. The monoisotopic (exact) mass is 261 g/mol. The van der Waals surface area contributed by atoms with Gasteiger partial charge in [0.05, 0.1) is 7.11 Å². The number of benzene rings is 1. The number of ketones is 1. The first-order valence-electron chi connectivity index (χ1n) is 6.01. The number of carbonyl (C=O) groups is 3. The number of carbonyl (C=O) groups excluding carboxylic acids is 3. The van der Waals surface area contributed by atoms with Gasteiger partial charge >= 0.3 is 0 Å². The van der Waals surface area contributed by atoms with Gasteiger partial charge in [0.1, 0.15) is 17.5 Å². The van der Waals surface area contributed by atoms with Crippen molar-refractivity contribution in [2.75, 3.05) is 7.11 Å². The van der Waals surface area contributed by atoms with Crippen LogP contribution in [0.25, 0.3) is 0 Å². The molecule has 0 spiro atoms. The summed E-state index contributed by atoms with van der Waals surface area (Å²) in [6.45, 7) is 1.37. The molecule has 2 amide bonds. The van der Waals surface area contributed by atoms with Crippen molar-refractivity contribution < 1.29 is 19.1 Å². The van der Waals surface area contributed by atoms with Crippen molar-refractivity contribution in [3.05, 3.63) is 29.8 Å². The molecule has 1 aromatic rings. The van der Waals surface area contributed by atoms with Crippen molar-refractivity contribution in [1.82, 2.24) is 5.32 Å². The molecule has 5 heteroatoms. The van der Waals surface area contributed by atoms with Crippen LogP contribution in [0.15, 0.2) is 24.3 Å². The van der Waals surface area contributed by atoms with Gasteiger partial charge in [0, 0.05) is 12.3 Å². The quantitative estimate of drug-likeness (QED) is 0.651. The van der Waals surface area contributed by atoms with E-state index in [2.05, 4.69) is 5.32 Å². The Hall–Kier alpha value is -2.17. The molecule has 1 aliphatic rings. The van der Waals surface area contributed by atoms with Crippen molar-refractivity contribution in [3.63, 3.8) is 0 Å². The molecule has 19 heavy (non-hydrogen) atoms. The second-order valence-electron chi connectivity index (χ2n) is 4.59. The lowest BCUT2D eigenvalue weighted by Gasteiger charge is -2.28. The normalized spacial score (nSPS) is 22.8. The van der Waals surface area contributed by atoms with Gasteiger partial charge < -0.3 is 4.74 Å². The number of piperidine rings is 1. The Balaban J connectivity index is 2.40. The van der Waals surface area contributed by atoms with Crippen molar-refractivity contribution in [2.24, 2.45) is 5.92 Å². The summed E-state index contributed by atoms with van der Waals surface area (Å²) in [6.07, 6.45) is 0.128. The van der Waals surface area contributed by atoms with E-state index in [1.807, 2.05) is 0 Å². The average molecular weight is 261 g/mol. The number of nitrogens with one attached hydrogen (secondary N) is 1. The number of rotatable bonds is 3. The minimum Gasteiger partial charge on any atom is -0.497 e. The minimum absolute atomic E-state index is 0.128. The summed E-state index contributed by atoms with van der Waals surface area (Å²) in [5, 5.41) is 2.21. The highest BCUT2D eigenvalue weighted by molar-refractivity contribution is 6.10. The van der Waals surface area contributed by atoms with Gasteiger partial charge in [-0.2, -0.15) is 0 Å². The van der Waals surface area contributed by atoms with E-state index in [4.69, 9.17) is 4.74 Å². The zero-order valence-corrected chi connectivity index (χ0v) is 10.8. The largest absolute Gasteiger partial charge is 0.497 e. The Morgan fingerprint density at radius 3 is 2.74 bits per heavy atom. The van der Waals surface area contributed by atoms with Gasteiger partial charge in [-0.1, -0.05) is 12.1 Å². The predicted molar refractivity (Wildman–Crippen MR) is 67.7 cm³/mol. The predicted octanol–water partition coefficient (Wildman–Crippen LogP) is 1.03. The van der Waals surface area contributed by atoms with Gasteiger partial charge in [0.2, 0.25) is 11.8 Å². The van der Waals surface area contributed by atoms with Crippen LogP contribution in [0.4, 0.5) is 0 Å². The van der Waals surface area contributed by atoms with Gasteiger partial charge in [0.15, 0.2) is 0 Å². The van der Waals surface area contributed by atoms with E-state index in [1.54, 1.807) is 31.4 Å². The van der Waals surface area contributed by atoms with E-state index in [1.165, 1.54) is 6.92 Å². The lowest BCUT2D eigenvalue weighted by molar-refractivity contribution is -0.141. The molecule has 0 unspecified atom stereocenters. The van der Waals surface area contributed by atoms with Gasteiger partial charge in [-0.3, -0.25) is 19.7 Å². The van der Waals surface area contributed by atoms with Gasteiger partial charge in [-0.05, 0) is 24.6 Å². The summed E-state index contributed by atoms with van der Waals surface area (Å²) in [7, 11) is 1.54. The van der Waals surface area contributed by atoms with Crippen LogP contribution >= 0.6 is 0 Å². The van der Waals surface area contributed by atoms with Crippen LogP contribution in [0.3, 0.4) is 0 Å². The number of imide groups is 1. The van der Waals surface area contributed by atoms with Crippen molar-refractivity contribution in [1.29, 1.82) is 0 Å². The first-order valence-corrected chi connectivity index (χ1v) is 6.01. The van der Waals surface area contributed by atoms with E-state index in [0.717, 1.165) is 5.56 Å². The molecule has 1 fully saturated rings. The van der Waals surface area contributed by atoms with Crippen LogP contribution in [-0.4, -0.2) is 24.7 Å². The standard InChI is InChI=1S/C14H15NO4/c1-8(16)13-11(7-12(17)15-14(13)18)9-4-3-5-10(6-9)19-2/h3-6,11,13H,7H2,1-2H3,(H,15,17,18)/t11-,13-/m1/s1. The van der Waals surface area contributed by atoms with Crippen LogP contribution in [-0.2, 0) is 14.4 Å². The Kier molecular flexibility index (Phi) is 3.64. The maximum absolute atomic E-state index is 11.8. The number of hydrogen-bond acceptors (Lipinski definition) is 4. The lowest BCUT2D eigenvalue weighted by Crippen LogP contribution is -2.47. The fourth-order valence-electron chi connectivity index (χ4n) is 2.42. The van der Waals surface area contributed by atoms with E-state index in [0.29, 0.717) is 5.75 Å². The third-order valence-electron chi connectivity index (χ3n) is 3.31. The molecule has 5 nitrogen and oxygen atoms in total. The molecule has 1 aliphatic heterocycles. The maximum atomic E-state index is 11.8. The number of Topliss-reactive ketones (excluding diaryl/α,β-unsaturated/α-hetero) is 1. The number of methoxy groups -OCH3 is 1. The van der Waals surface area contributed by atoms with E-state index >= 15 is 0 Å². The van der Waals surface area contributed by atoms with Crippen molar-refractivity contribution in [3.8, 4) is 5.75 Å². The SMILES string of the molecule is COc1cccc([C@H]2CC(=O)NC(=O)[C@@H]2C(C)=O)c1. The van der Waals surface area contributed by atoms with Gasteiger partial charge in [-0.15, -0.1) is 0 Å². The molecule has 0 aromatic heterocycles. The van der Waals surface area contributed by atoms with Crippen LogP contribution in [0, 0.1) is 5.92 Å². The molecule has 0 aliphatic carbocycles. The van der Waals surface area contributed by atoms with Gasteiger partial charge in [0.25, 0.3) is 0 Å². The van der Waals surface area contributed by atoms with E-state index in [9.17, 15) is 14.4 Å².